The molecular weight excluding hydrogens is 312 g/mol. The Morgan fingerprint density at radius 3 is 2.44 bits per heavy atom. The van der Waals surface area contributed by atoms with Crippen molar-refractivity contribution in [3.8, 4) is 5.75 Å². The zero-order valence-electron chi connectivity index (χ0n) is 15.5. The van der Waals surface area contributed by atoms with Gasteiger partial charge < -0.3 is 15.5 Å². The summed E-state index contributed by atoms with van der Waals surface area (Å²) in [6.07, 6.45) is 9.04. The molecule has 1 aromatic carbocycles. The van der Waals surface area contributed by atoms with Gasteiger partial charge in [0.05, 0.1) is 6.10 Å². The van der Waals surface area contributed by atoms with Crippen LogP contribution in [0.5, 0.6) is 5.75 Å². The molecule has 1 aliphatic heterocycles. The molecular formula is C21H34N2O2. The van der Waals surface area contributed by atoms with Crippen molar-refractivity contribution in [2.45, 2.75) is 82.5 Å². The molecule has 1 saturated heterocycles. The van der Waals surface area contributed by atoms with Crippen LogP contribution < -0.4 is 5.32 Å². The summed E-state index contributed by atoms with van der Waals surface area (Å²) >= 11 is 0. The lowest BCUT2D eigenvalue weighted by Gasteiger charge is -2.42. The van der Waals surface area contributed by atoms with E-state index in [1.807, 2.05) is 12.1 Å². The number of aryl methyl sites for hydroxylation is 1. The molecule has 1 heterocycles. The maximum Gasteiger partial charge on any atom is 0.115 e. The first-order valence-corrected chi connectivity index (χ1v) is 10.1. The molecule has 0 bridgehead atoms. The van der Waals surface area contributed by atoms with E-state index in [0.29, 0.717) is 23.9 Å². The van der Waals surface area contributed by atoms with E-state index in [9.17, 15) is 10.2 Å². The van der Waals surface area contributed by atoms with E-state index < -0.39 is 0 Å². The Morgan fingerprint density at radius 1 is 1.08 bits per heavy atom. The highest BCUT2D eigenvalue weighted by atomic mass is 16.3. The molecule has 3 atom stereocenters. The summed E-state index contributed by atoms with van der Waals surface area (Å²) in [4.78, 5) is 2.53. The van der Waals surface area contributed by atoms with Crippen LogP contribution in [-0.4, -0.2) is 52.4 Å². The standard InChI is InChI=1S/C21H34N2O2/c1-16(6-7-17-8-10-19(24)11-9-17)22-18-12-14-23(15-13-18)20-4-2-3-5-21(20)25/h8-11,16,18,20-22,24-25H,2-7,12-15H2,1H3/t16-,20-,21-/m1/s1. The van der Waals surface area contributed by atoms with Gasteiger partial charge in [-0.1, -0.05) is 25.0 Å². The average Bonchev–Trinajstić information content (AvgIpc) is 2.62. The van der Waals surface area contributed by atoms with Crippen molar-refractivity contribution in [3.05, 3.63) is 29.8 Å². The van der Waals surface area contributed by atoms with Gasteiger partial charge in [0.2, 0.25) is 0 Å². The number of aromatic hydroxyl groups is 1. The van der Waals surface area contributed by atoms with E-state index in [-0.39, 0.29) is 6.10 Å². The molecule has 0 spiro atoms. The highest BCUT2D eigenvalue weighted by Crippen LogP contribution is 2.26. The third-order valence-electron chi connectivity index (χ3n) is 6.02. The van der Waals surface area contributed by atoms with Gasteiger partial charge in [0, 0.05) is 31.2 Å². The monoisotopic (exact) mass is 346 g/mol. The Kier molecular flexibility index (Phi) is 6.74. The number of hydrogen-bond acceptors (Lipinski definition) is 4. The van der Waals surface area contributed by atoms with Crippen LogP contribution in [0.3, 0.4) is 0 Å². The maximum absolute atomic E-state index is 10.3. The smallest absolute Gasteiger partial charge is 0.115 e. The molecule has 1 saturated carbocycles. The lowest BCUT2D eigenvalue weighted by atomic mass is 9.89. The summed E-state index contributed by atoms with van der Waals surface area (Å²) in [5.41, 5.74) is 1.28. The van der Waals surface area contributed by atoms with E-state index in [1.54, 1.807) is 12.1 Å². The molecule has 2 aliphatic rings. The first-order chi connectivity index (χ1) is 12.1. The number of rotatable bonds is 6. The van der Waals surface area contributed by atoms with Crippen LogP contribution in [-0.2, 0) is 6.42 Å². The first-order valence-electron chi connectivity index (χ1n) is 10.1. The fourth-order valence-corrected chi connectivity index (χ4v) is 4.45. The minimum atomic E-state index is -0.109. The summed E-state index contributed by atoms with van der Waals surface area (Å²) in [6, 6.07) is 9.07. The van der Waals surface area contributed by atoms with Crippen molar-refractivity contribution >= 4 is 0 Å². The molecule has 3 rings (SSSR count). The number of piperidine rings is 1. The molecule has 2 fully saturated rings. The van der Waals surface area contributed by atoms with Gasteiger partial charge in [0.25, 0.3) is 0 Å². The number of phenols is 1. The molecule has 1 aliphatic carbocycles. The molecule has 4 nitrogen and oxygen atoms in total. The molecule has 0 amide bonds. The zero-order valence-corrected chi connectivity index (χ0v) is 15.5. The molecule has 3 N–H and O–H groups in total. The average molecular weight is 347 g/mol. The number of likely N-dealkylation sites (tertiary alicyclic amines) is 1. The lowest BCUT2D eigenvalue weighted by Crippen LogP contribution is -2.52. The number of aliphatic hydroxyl groups is 1. The third kappa shape index (κ3) is 5.44. The Bertz CT molecular complexity index is 511. The maximum atomic E-state index is 10.3. The second-order valence-corrected chi connectivity index (χ2v) is 8.00. The first kappa shape index (κ1) is 18.7. The zero-order chi connectivity index (χ0) is 17.6. The molecule has 0 aromatic heterocycles. The van der Waals surface area contributed by atoms with Gasteiger partial charge >= 0.3 is 0 Å². The van der Waals surface area contributed by atoms with E-state index >= 15 is 0 Å². The van der Waals surface area contributed by atoms with E-state index in [4.69, 9.17) is 0 Å². The van der Waals surface area contributed by atoms with Crippen LogP contribution in [0.4, 0.5) is 0 Å². The summed E-state index contributed by atoms with van der Waals surface area (Å²) in [5, 5.41) is 23.4. The van der Waals surface area contributed by atoms with Crippen LogP contribution in [0.2, 0.25) is 0 Å². The number of nitrogens with one attached hydrogen (secondary N) is 1. The minimum absolute atomic E-state index is 0.109. The van der Waals surface area contributed by atoms with E-state index in [0.717, 1.165) is 32.4 Å². The highest BCUT2D eigenvalue weighted by Gasteiger charge is 2.31. The van der Waals surface area contributed by atoms with Crippen LogP contribution >= 0.6 is 0 Å². The number of aliphatic hydroxyl groups excluding tert-OH is 1. The van der Waals surface area contributed by atoms with Crippen molar-refractivity contribution in [3.63, 3.8) is 0 Å². The van der Waals surface area contributed by atoms with Gasteiger partial charge in [0.15, 0.2) is 0 Å². The number of nitrogens with zero attached hydrogens (tertiary/aromatic N) is 1. The molecule has 0 unspecified atom stereocenters. The van der Waals surface area contributed by atoms with Gasteiger partial charge in [-0.05, 0) is 63.1 Å². The number of phenolic OH excluding ortho intramolecular Hbond substituents is 1. The Morgan fingerprint density at radius 2 is 1.76 bits per heavy atom. The summed E-state index contributed by atoms with van der Waals surface area (Å²) in [6.45, 7) is 4.51. The van der Waals surface area contributed by atoms with Gasteiger partial charge in [0.1, 0.15) is 5.75 Å². The van der Waals surface area contributed by atoms with Crippen LogP contribution in [0.25, 0.3) is 0 Å². The SMILES string of the molecule is C[C@H](CCc1ccc(O)cc1)NC1CCN([C@@H]2CCCC[C@H]2O)CC1. The van der Waals surface area contributed by atoms with Crippen molar-refractivity contribution < 1.29 is 10.2 Å². The van der Waals surface area contributed by atoms with Gasteiger partial charge in [-0.3, -0.25) is 4.90 Å². The molecule has 25 heavy (non-hydrogen) atoms. The topological polar surface area (TPSA) is 55.7 Å². The van der Waals surface area contributed by atoms with Crippen LogP contribution in [0.15, 0.2) is 24.3 Å². The molecule has 4 heteroatoms. The number of hydrogen-bond donors (Lipinski definition) is 3. The minimum Gasteiger partial charge on any atom is -0.508 e. The Labute approximate surface area is 152 Å². The third-order valence-corrected chi connectivity index (χ3v) is 6.02. The van der Waals surface area contributed by atoms with Crippen LogP contribution in [0, 0.1) is 0 Å². The second kappa shape index (κ2) is 9.02. The van der Waals surface area contributed by atoms with Gasteiger partial charge in [-0.2, -0.15) is 0 Å². The Balaban J connectivity index is 1.37. The van der Waals surface area contributed by atoms with E-state index in [2.05, 4.69) is 17.1 Å². The van der Waals surface area contributed by atoms with E-state index in [1.165, 1.54) is 37.7 Å². The normalized spacial score (nSPS) is 27.3. The lowest BCUT2D eigenvalue weighted by molar-refractivity contribution is 0.00667. The van der Waals surface area contributed by atoms with Crippen molar-refractivity contribution in [1.82, 2.24) is 10.2 Å². The number of benzene rings is 1. The molecule has 140 valence electrons. The fraction of sp³-hybridized carbons (Fsp3) is 0.714. The fourth-order valence-electron chi connectivity index (χ4n) is 4.45. The van der Waals surface area contributed by atoms with Gasteiger partial charge in [-0.15, -0.1) is 0 Å². The summed E-state index contributed by atoms with van der Waals surface area (Å²) < 4.78 is 0. The summed E-state index contributed by atoms with van der Waals surface area (Å²) in [7, 11) is 0. The highest BCUT2D eigenvalue weighted by molar-refractivity contribution is 5.25. The van der Waals surface area contributed by atoms with Crippen LogP contribution in [0.1, 0.15) is 57.4 Å². The van der Waals surface area contributed by atoms with Crippen molar-refractivity contribution in [2.75, 3.05) is 13.1 Å². The Hall–Kier alpha value is -1.10. The van der Waals surface area contributed by atoms with Gasteiger partial charge in [-0.25, -0.2) is 0 Å². The largest absolute Gasteiger partial charge is 0.508 e. The summed E-state index contributed by atoms with van der Waals surface area (Å²) in [5.74, 6) is 0.338. The quantitative estimate of drug-likeness (QED) is 0.741. The predicted octanol–water partition coefficient (Wildman–Crippen LogP) is 3.07. The van der Waals surface area contributed by atoms with Crippen molar-refractivity contribution in [1.29, 1.82) is 0 Å². The predicted molar refractivity (Wildman–Crippen MR) is 102 cm³/mol. The molecule has 0 radical (unpaired) electrons. The molecule has 1 aromatic rings. The second-order valence-electron chi connectivity index (χ2n) is 8.00. The van der Waals surface area contributed by atoms with Crippen molar-refractivity contribution in [2.24, 2.45) is 0 Å².